The predicted molar refractivity (Wildman–Crippen MR) is 294 cm³/mol. The summed E-state index contributed by atoms with van der Waals surface area (Å²) < 4.78 is 65.9. The van der Waals surface area contributed by atoms with Crippen molar-refractivity contribution in [1.29, 1.82) is 0 Å². The second-order valence-electron chi connectivity index (χ2n) is 21.5. The highest BCUT2D eigenvalue weighted by Crippen LogP contribution is 2.65. The van der Waals surface area contributed by atoms with E-state index in [4.69, 9.17) is 4.74 Å². The van der Waals surface area contributed by atoms with E-state index in [-0.39, 0.29) is 27.2 Å². The molecule has 0 radical (unpaired) electrons. The molecule has 6 aliphatic carbocycles. The predicted octanol–water partition coefficient (Wildman–Crippen LogP) is 14.1. The number of benzene rings is 6. The number of ketones is 1. The lowest BCUT2D eigenvalue weighted by Gasteiger charge is -2.55. The molecule has 76 heavy (non-hydrogen) atoms. The first-order valence-electron chi connectivity index (χ1n) is 26.4. The normalized spacial score (nSPS) is 23.6. The summed E-state index contributed by atoms with van der Waals surface area (Å²) in [5.41, 5.74) is 1.14. The summed E-state index contributed by atoms with van der Waals surface area (Å²) >= 11 is 0. The van der Waals surface area contributed by atoms with Crippen molar-refractivity contribution in [2.75, 3.05) is 13.2 Å². The Kier molecular flexibility index (Phi) is 18.2. The van der Waals surface area contributed by atoms with Gasteiger partial charge in [0, 0.05) is 11.8 Å². The van der Waals surface area contributed by atoms with Gasteiger partial charge >= 0.3 is 17.2 Å². The molecule has 6 aromatic carbocycles. The quantitative estimate of drug-likeness (QED) is 0.0484. The third kappa shape index (κ3) is 12.5. The summed E-state index contributed by atoms with van der Waals surface area (Å²) in [5, 5.41) is -5.16. The molecule has 6 aromatic rings. The molecule has 6 bridgehead atoms. The first-order chi connectivity index (χ1) is 36.4. The van der Waals surface area contributed by atoms with Gasteiger partial charge < -0.3 is 14.0 Å². The Morgan fingerprint density at radius 3 is 1.26 bits per heavy atom. The van der Waals surface area contributed by atoms with Crippen LogP contribution in [-0.2, 0) is 55.8 Å². The van der Waals surface area contributed by atoms with Crippen LogP contribution in [-0.4, -0.2) is 49.2 Å². The molecule has 2 unspecified atom stereocenters. The van der Waals surface area contributed by atoms with Crippen molar-refractivity contribution in [2.45, 2.75) is 127 Å². The van der Waals surface area contributed by atoms with Crippen molar-refractivity contribution in [2.24, 2.45) is 39.9 Å². The van der Waals surface area contributed by atoms with Gasteiger partial charge in [-0.1, -0.05) is 129 Å². The van der Waals surface area contributed by atoms with Crippen molar-refractivity contribution >= 4 is 49.6 Å². The van der Waals surface area contributed by atoms with E-state index >= 15 is 0 Å². The number of hydrogen-bond donors (Lipinski definition) is 0. The van der Waals surface area contributed by atoms with Crippen molar-refractivity contribution < 1.29 is 45.6 Å². The lowest BCUT2D eigenvalue weighted by Crippen LogP contribution is -2.50. The Morgan fingerprint density at radius 2 is 0.961 bits per heavy atom. The van der Waals surface area contributed by atoms with Crippen LogP contribution in [0.2, 0.25) is 0 Å². The molecule has 0 aliphatic heterocycles. The van der Waals surface area contributed by atoms with Crippen LogP contribution in [0, 0.1) is 46.8 Å². The largest absolute Gasteiger partial charge is 0.743 e. The van der Waals surface area contributed by atoms with Crippen molar-refractivity contribution in [3.05, 3.63) is 181 Å². The van der Waals surface area contributed by atoms with E-state index in [0.717, 1.165) is 57.8 Å². The summed E-state index contributed by atoms with van der Waals surface area (Å²) in [7, 11) is -6.19. The zero-order chi connectivity index (χ0) is 54.1. The standard InChI is InChI=1S/C19H17S.C18H15S.C15H20F2O7S.C11H18O/c1-16-12-14-19(15-13-16)20(17-8-4-2-5-9-17)18-10-6-3-7-11-18;1-4-10-16(11-5-1)19(17-12-6-2-7-13-17)18-14-8-3-9-15-18;16-15(17,25(20,21)22)13(19)24-2-1-23-12(18)14-6-9-3-10(7-14)5-11(4-9)8-14;1-4-11-6-5-8(7-9(11)12)10(11,2)3/h2-15H,1H3;1-15H;9-11H,1-8H2,(H,20,21,22);8H,4-7H2,1-3H3/q2*+1;;/p-1. The van der Waals surface area contributed by atoms with E-state index < -0.39 is 45.9 Å². The van der Waals surface area contributed by atoms with Crippen LogP contribution < -0.4 is 0 Å². The minimum absolute atomic E-state index is 0.0146. The van der Waals surface area contributed by atoms with Crippen LogP contribution in [0.4, 0.5) is 8.78 Å². The number of alkyl halides is 2. The van der Waals surface area contributed by atoms with Gasteiger partial charge in [-0.3, -0.25) is 9.59 Å². The van der Waals surface area contributed by atoms with Crippen molar-refractivity contribution in [3.8, 4) is 0 Å². The molecule has 0 spiro atoms. The monoisotopic (exact) mass is 1090 g/mol. The molecule has 0 saturated heterocycles. The number of aryl methyl sites for hydroxylation is 1. The fraction of sp³-hybridized carbons (Fsp3) is 0.381. The molecule has 13 heteroatoms. The van der Waals surface area contributed by atoms with E-state index in [9.17, 15) is 36.1 Å². The molecular weight excluding hydrogens is 1020 g/mol. The molecule has 400 valence electrons. The Balaban J connectivity index is 0.000000138. The maximum atomic E-state index is 12.9. The minimum atomic E-state index is -6.15. The Labute approximate surface area is 453 Å². The molecule has 0 aromatic heterocycles. The Hall–Kier alpha value is -5.60. The summed E-state index contributed by atoms with van der Waals surface area (Å²) in [6, 6.07) is 62.5. The molecule has 8 nitrogen and oxygen atoms in total. The number of halogens is 2. The number of carbonyl (C=O) groups is 3. The summed E-state index contributed by atoms with van der Waals surface area (Å²) in [6.07, 6.45) is 10.1. The van der Waals surface area contributed by atoms with Gasteiger partial charge in [-0.15, -0.1) is 0 Å². The molecule has 0 heterocycles. The second-order valence-corrected chi connectivity index (χ2v) is 26.9. The Bertz CT molecular complexity index is 2810. The molecule has 12 rings (SSSR count). The van der Waals surface area contributed by atoms with Gasteiger partial charge in [-0.05, 0) is 167 Å². The highest BCUT2D eigenvalue weighted by Gasteiger charge is 2.63. The molecule has 0 N–H and O–H groups in total. The molecule has 2 atom stereocenters. The van der Waals surface area contributed by atoms with Gasteiger partial charge in [0.15, 0.2) is 39.5 Å². The van der Waals surface area contributed by atoms with Crippen LogP contribution >= 0.6 is 0 Å². The lowest BCUT2D eigenvalue weighted by atomic mass is 9.49. The number of ether oxygens (including phenoxy) is 2. The van der Waals surface area contributed by atoms with Gasteiger partial charge in [0.25, 0.3) is 0 Å². The van der Waals surface area contributed by atoms with E-state index in [0.29, 0.717) is 34.9 Å². The lowest BCUT2D eigenvalue weighted by molar-refractivity contribution is -0.176. The highest BCUT2D eigenvalue weighted by atomic mass is 32.2. The summed E-state index contributed by atoms with van der Waals surface area (Å²) in [5.74, 6) is -0.0665. The second kappa shape index (κ2) is 24.4. The molecule has 6 saturated carbocycles. The van der Waals surface area contributed by atoms with Gasteiger partial charge in [0.05, 0.1) is 27.2 Å². The van der Waals surface area contributed by atoms with Crippen LogP contribution in [0.25, 0.3) is 0 Å². The molecular formula is C63H69F2O8S3+. The van der Waals surface area contributed by atoms with Gasteiger partial charge in [0.2, 0.25) is 0 Å². The summed E-state index contributed by atoms with van der Waals surface area (Å²) in [4.78, 5) is 43.4. The van der Waals surface area contributed by atoms with Crippen molar-refractivity contribution in [3.63, 3.8) is 0 Å². The van der Waals surface area contributed by atoms with Gasteiger partial charge in [0.1, 0.15) is 19.0 Å². The van der Waals surface area contributed by atoms with Crippen LogP contribution in [0.1, 0.15) is 90.5 Å². The third-order valence-electron chi connectivity index (χ3n) is 16.5. The average Bonchev–Trinajstić information content (AvgIpc) is 3.94. The highest BCUT2D eigenvalue weighted by molar-refractivity contribution is 7.97. The first kappa shape index (κ1) is 56.6. The number of esters is 2. The molecule has 6 fully saturated rings. The first-order valence-corrected chi connectivity index (χ1v) is 30.2. The zero-order valence-electron chi connectivity index (χ0n) is 43.8. The molecule has 0 amide bonds. The maximum absolute atomic E-state index is 12.9. The topological polar surface area (TPSA) is 127 Å². The number of carbonyl (C=O) groups excluding carboxylic acids is 3. The minimum Gasteiger partial charge on any atom is -0.743 e. The van der Waals surface area contributed by atoms with E-state index in [1.807, 2.05) is 0 Å². The maximum Gasteiger partial charge on any atom is 0.428 e. The zero-order valence-corrected chi connectivity index (χ0v) is 46.2. The van der Waals surface area contributed by atoms with Crippen LogP contribution in [0.5, 0.6) is 0 Å². The fourth-order valence-corrected chi connectivity index (χ4v) is 17.3. The Morgan fingerprint density at radius 1 is 0.605 bits per heavy atom. The number of hydrogen-bond acceptors (Lipinski definition) is 8. The fourth-order valence-electron chi connectivity index (χ4n) is 12.8. The van der Waals surface area contributed by atoms with E-state index in [1.54, 1.807) is 0 Å². The smallest absolute Gasteiger partial charge is 0.428 e. The number of Topliss-reactive ketones (excluding diaryl/α,β-unsaturated/α-hetero) is 1. The number of rotatable bonds is 13. The average molecular weight is 1090 g/mol. The third-order valence-corrected chi connectivity index (χ3v) is 21.7. The number of fused-ring (bicyclic) bond motifs is 2. The SMILES string of the molecule is CCC12CCC(CC1=O)C2(C)C.Cc1ccc([S+](c2ccccc2)c2ccccc2)cc1.O=C(OCCOC(=O)C(F)(F)S(=O)(=O)[O-])C12CC3CC(CC(C3)C1)C2.c1ccc([S+](c2ccccc2)c2ccccc2)cc1. The van der Waals surface area contributed by atoms with Crippen LogP contribution in [0.15, 0.2) is 205 Å². The van der Waals surface area contributed by atoms with Crippen molar-refractivity contribution in [1.82, 2.24) is 0 Å². The van der Waals surface area contributed by atoms with Gasteiger partial charge in [-0.2, -0.15) is 8.78 Å². The van der Waals surface area contributed by atoms with Crippen LogP contribution in [0.3, 0.4) is 0 Å². The summed E-state index contributed by atoms with van der Waals surface area (Å²) in [6.45, 7) is 7.70. The van der Waals surface area contributed by atoms with E-state index in [1.165, 1.54) is 41.4 Å². The molecule has 6 aliphatic rings. The van der Waals surface area contributed by atoms with E-state index in [2.05, 4.69) is 208 Å². The van der Waals surface area contributed by atoms with Gasteiger partial charge in [-0.25, -0.2) is 13.2 Å².